The first-order valence-corrected chi connectivity index (χ1v) is 11.7. The number of hydrogen-bond acceptors (Lipinski definition) is 4. The van der Waals surface area contributed by atoms with Crippen LogP contribution in [-0.4, -0.2) is 35.1 Å². The van der Waals surface area contributed by atoms with Gasteiger partial charge in [0, 0.05) is 6.16 Å². The zero-order valence-electron chi connectivity index (χ0n) is 16.9. The zero-order chi connectivity index (χ0) is 20.5. The molecular weight excluding hydrogens is 375 g/mol. The van der Waals surface area contributed by atoms with Crippen LogP contribution in [0.5, 0.6) is 0 Å². The predicted octanol–water partition coefficient (Wildman–Crippen LogP) is 4.77. The van der Waals surface area contributed by atoms with Crippen molar-refractivity contribution >= 4 is 20.1 Å². The second kappa shape index (κ2) is 11.5. The standard InChI is InChI=1S/C22H33O5P/c1-16-11-17(2)21(19(12-16)13-18-7-4-3-5-8-18)9-6-10-27-28(26)15-20(23)14-22(24)25/h6,9,11-12,18,20,23,28H,3-5,7-8,10,13-15H2,1-2H3,(H,24,25). The first-order valence-electron chi connectivity index (χ1n) is 10.2. The normalized spacial score (nSPS) is 17.7. The maximum absolute atomic E-state index is 11.9. The lowest BCUT2D eigenvalue weighted by molar-refractivity contribution is -0.138. The summed E-state index contributed by atoms with van der Waals surface area (Å²) in [5, 5.41) is 18.1. The molecule has 0 aliphatic heterocycles. The summed E-state index contributed by atoms with van der Waals surface area (Å²) < 4.78 is 17.1. The average Bonchev–Trinajstić information content (AvgIpc) is 2.60. The van der Waals surface area contributed by atoms with Crippen LogP contribution in [0.3, 0.4) is 0 Å². The summed E-state index contributed by atoms with van der Waals surface area (Å²) >= 11 is 0. The summed E-state index contributed by atoms with van der Waals surface area (Å²) in [6.45, 7) is 4.43. The molecule has 0 amide bonds. The molecule has 2 N–H and O–H groups in total. The monoisotopic (exact) mass is 408 g/mol. The van der Waals surface area contributed by atoms with Gasteiger partial charge in [0.15, 0.2) is 8.03 Å². The van der Waals surface area contributed by atoms with Gasteiger partial charge in [0.25, 0.3) is 0 Å². The Bertz CT molecular complexity index is 707. The van der Waals surface area contributed by atoms with Crippen LogP contribution in [-0.2, 0) is 20.3 Å². The molecule has 0 radical (unpaired) electrons. The van der Waals surface area contributed by atoms with Crippen LogP contribution in [0.25, 0.3) is 6.08 Å². The molecule has 6 heteroatoms. The summed E-state index contributed by atoms with van der Waals surface area (Å²) in [5.74, 6) is -0.354. The predicted molar refractivity (Wildman–Crippen MR) is 113 cm³/mol. The highest BCUT2D eigenvalue weighted by molar-refractivity contribution is 7.39. The fourth-order valence-electron chi connectivity index (χ4n) is 4.01. The lowest BCUT2D eigenvalue weighted by Crippen LogP contribution is -2.15. The number of hydrogen-bond donors (Lipinski definition) is 2. The van der Waals surface area contributed by atoms with Gasteiger partial charge in [0.1, 0.15) is 0 Å². The van der Waals surface area contributed by atoms with Crippen molar-refractivity contribution in [2.75, 3.05) is 12.8 Å². The molecule has 1 aliphatic rings. The first-order chi connectivity index (χ1) is 13.3. The Morgan fingerprint density at radius 3 is 2.68 bits per heavy atom. The number of rotatable bonds is 10. The van der Waals surface area contributed by atoms with Crippen molar-refractivity contribution in [2.24, 2.45) is 5.92 Å². The molecule has 0 saturated heterocycles. The maximum atomic E-state index is 11.9. The van der Waals surface area contributed by atoms with E-state index in [4.69, 9.17) is 9.63 Å². The van der Waals surface area contributed by atoms with Crippen LogP contribution in [0.2, 0.25) is 0 Å². The molecule has 1 fully saturated rings. The highest BCUT2D eigenvalue weighted by Crippen LogP contribution is 2.30. The molecule has 0 heterocycles. The summed E-state index contributed by atoms with van der Waals surface area (Å²) in [6.07, 6.45) is 9.95. The van der Waals surface area contributed by atoms with Crippen LogP contribution >= 0.6 is 8.03 Å². The molecule has 28 heavy (non-hydrogen) atoms. The number of aliphatic carboxylic acids is 1. The van der Waals surface area contributed by atoms with Gasteiger partial charge in [-0.25, -0.2) is 0 Å². The van der Waals surface area contributed by atoms with Gasteiger partial charge < -0.3 is 14.7 Å². The fourth-order valence-corrected chi connectivity index (χ4v) is 4.94. The van der Waals surface area contributed by atoms with Gasteiger partial charge in [0.05, 0.1) is 19.1 Å². The van der Waals surface area contributed by atoms with Crippen molar-refractivity contribution in [2.45, 2.75) is 64.9 Å². The Hall–Kier alpha value is -1.42. The topological polar surface area (TPSA) is 83.8 Å². The van der Waals surface area contributed by atoms with Crippen molar-refractivity contribution in [1.29, 1.82) is 0 Å². The van der Waals surface area contributed by atoms with Gasteiger partial charge in [-0.2, -0.15) is 0 Å². The third-order valence-electron chi connectivity index (χ3n) is 5.29. The molecule has 1 aliphatic carbocycles. The fraction of sp³-hybridized carbons (Fsp3) is 0.591. The maximum Gasteiger partial charge on any atom is 0.305 e. The Labute approximate surface area is 168 Å². The van der Waals surface area contributed by atoms with Crippen LogP contribution in [0.1, 0.15) is 60.8 Å². The van der Waals surface area contributed by atoms with E-state index in [1.54, 1.807) is 0 Å². The minimum Gasteiger partial charge on any atom is -0.481 e. The van der Waals surface area contributed by atoms with E-state index in [9.17, 15) is 14.5 Å². The van der Waals surface area contributed by atoms with E-state index < -0.39 is 26.5 Å². The van der Waals surface area contributed by atoms with Gasteiger partial charge in [-0.05, 0) is 42.9 Å². The van der Waals surface area contributed by atoms with E-state index in [1.165, 1.54) is 54.4 Å². The number of aliphatic hydroxyl groups is 1. The number of aliphatic hydroxyl groups excluding tert-OH is 1. The average molecular weight is 408 g/mol. The summed E-state index contributed by atoms with van der Waals surface area (Å²) in [7, 11) is -2.45. The molecule has 5 nitrogen and oxygen atoms in total. The van der Waals surface area contributed by atoms with Crippen molar-refractivity contribution in [3.63, 3.8) is 0 Å². The summed E-state index contributed by atoms with van der Waals surface area (Å²) in [5.41, 5.74) is 5.08. The van der Waals surface area contributed by atoms with Crippen molar-refractivity contribution < 1.29 is 24.1 Å². The smallest absolute Gasteiger partial charge is 0.305 e. The molecule has 0 aromatic heterocycles. The largest absolute Gasteiger partial charge is 0.481 e. The third-order valence-corrected chi connectivity index (χ3v) is 6.58. The molecule has 1 aromatic rings. The number of carboxylic acids is 1. The molecule has 0 bridgehead atoms. The van der Waals surface area contributed by atoms with Gasteiger partial charge in [-0.15, -0.1) is 0 Å². The quantitative estimate of drug-likeness (QED) is 0.545. The number of carbonyl (C=O) groups is 1. The molecule has 2 unspecified atom stereocenters. The highest BCUT2D eigenvalue weighted by atomic mass is 31.1. The van der Waals surface area contributed by atoms with Crippen LogP contribution in [0.15, 0.2) is 18.2 Å². The van der Waals surface area contributed by atoms with E-state index in [-0.39, 0.29) is 12.8 Å². The van der Waals surface area contributed by atoms with Gasteiger partial charge in [-0.1, -0.05) is 62.0 Å². The van der Waals surface area contributed by atoms with E-state index in [2.05, 4.69) is 26.0 Å². The summed E-state index contributed by atoms with van der Waals surface area (Å²) in [4.78, 5) is 10.5. The van der Waals surface area contributed by atoms with Gasteiger partial charge in [0.2, 0.25) is 0 Å². The van der Waals surface area contributed by atoms with Crippen LogP contribution in [0.4, 0.5) is 0 Å². The highest BCUT2D eigenvalue weighted by Gasteiger charge is 2.16. The number of carboxylic acid groups (broad SMARTS) is 1. The minimum atomic E-state index is -2.45. The molecule has 2 rings (SSSR count). The second-order valence-electron chi connectivity index (χ2n) is 7.90. The number of aryl methyl sites for hydroxylation is 2. The zero-order valence-corrected chi connectivity index (χ0v) is 17.9. The number of benzene rings is 1. The van der Waals surface area contributed by atoms with Crippen molar-refractivity contribution in [3.8, 4) is 0 Å². The molecule has 1 aromatic carbocycles. The SMILES string of the molecule is Cc1cc(C)c(C=CCO[PH](=O)CC(O)CC(=O)O)c(CC2CCCCC2)c1. The van der Waals surface area contributed by atoms with Crippen molar-refractivity contribution in [1.82, 2.24) is 0 Å². The Morgan fingerprint density at radius 1 is 1.29 bits per heavy atom. The van der Waals surface area contributed by atoms with Crippen molar-refractivity contribution in [3.05, 3.63) is 40.5 Å². The first kappa shape index (κ1) is 22.9. The minimum absolute atomic E-state index is 0.124. The second-order valence-corrected chi connectivity index (χ2v) is 9.34. The van der Waals surface area contributed by atoms with E-state index >= 15 is 0 Å². The Morgan fingerprint density at radius 2 is 2.00 bits per heavy atom. The van der Waals surface area contributed by atoms with Gasteiger partial charge >= 0.3 is 5.97 Å². The van der Waals surface area contributed by atoms with E-state index in [0.717, 1.165) is 12.3 Å². The lowest BCUT2D eigenvalue weighted by Gasteiger charge is -2.23. The van der Waals surface area contributed by atoms with E-state index in [1.807, 2.05) is 12.2 Å². The molecule has 0 spiro atoms. The molecular formula is C22H33O5P. The van der Waals surface area contributed by atoms with Gasteiger partial charge in [-0.3, -0.25) is 9.36 Å². The molecule has 156 valence electrons. The van der Waals surface area contributed by atoms with Crippen LogP contribution in [0, 0.1) is 19.8 Å². The summed E-state index contributed by atoms with van der Waals surface area (Å²) in [6, 6.07) is 4.45. The Kier molecular flexibility index (Phi) is 9.43. The molecule has 1 saturated carbocycles. The Balaban J connectivity index is 1.94. The van der Waals surface area contributed by atoms with E-state index in [0.29, 0.717) is 0 Å². The van der Waals surface area contributed by atoms with Crippen LogP contribution < -0.4 is 0 Å². The molecule has 2 atom stereocenters. The lowest BCUT2D eigenvalue weighted by atomic mass is 9.83. The third kappa shape index (κ3) is 7.90.